The fourth-order valence-electron chi connectivity index (χ4n) is 1.68. The molecule has 0 amide bonds. The number of hydrogen-bond donors (Lipinski definition) is 1. The molecule has 0 fully saturated rings. The second kappa shape index (κ2) is 6.37. The molecule has 1 N–H and O–H groups in total. The summed E-state index contributed by atoms with van der Waals surface area (Å²) in [5.41, 5.74) is 0.136. The van der Waals surface area contributed by atoms with Gasteiger partial charge in [0.15, 0.2) is 4.21 Å². The van der Waals surface area contributed by atoms with Crippen LogP contribution in [-0.2, 0) is 10.0 Å². The fraction of sp³-hybridized carbons (Fsp3) is 0.250. The number of nitrogens with zero attached hydrogens (tertiary/aromatic N) is 2. The van der Waals surface area contributed by atoms with Crippen molar-refractivity contribution in [2.24, 2.45) is 0 Å². The van der Waals surface area contributed by atoms with Gasteiger partial charge in [0, 0.05) is 6.07 Å². The van der Waals surface area contributed by atoms with Crippen molar-refractivity contribution in [3.8, 4) is 5.88 Å². The van der Waals surface area contributed by atoms with Crippen molar-refractivity contribution in [2.75, 3.05) is 24.6 Å². The van der Waals surface area contributed by atoms with E-state index >= 15 is 0 Å². The number of ether oxygens (including phenoxy) is 1. The van der Waals surface area contributed by atoms with Crippen molar-refractivity contribution >= 4 is 27.2 Å². The molecule has 21 heavy (non-hydrogen) atoms. The predicted molar refractivity (Wildman–Crippen MR) is 76.7 cm³/mol. The van der Waals surface area contributed by atoms with E-state index in [0.717, 1.165) is 21.9 Å². The third-order valence-corrected chi connectivity index (χ3v) is 5.64. The summed E-state index contributed by atoms with van der Waals surface area (Å²) >= 11 is 0.754. The van der Waals surface area contributed by atoms with E-state index in [2.05, 4.69) is 4.37 Å². The second-order valence-corrected chi connectivity index (χ2v) is 6.86. The lowest BCUT2D eigenvalue weighted by Crippen LogP contribution is -2.33. The Balaban J connectivity index is 2.45. The fourth-order valence-corrected chi connectivity index (χ4v) is 4.08. The van der Waals surface area contributed by atoms with Crippen LogP contribution in [0.25, 0.3) is 0 Å². The molecule has 0 atom stereocenters. The van der Waals surface area contributed by atoms with Gasteiger partial charge < -0.3 is 9.84 Å². The molecular weight excluding hydrogens is 319 g/mol. The Bertz CT molecular complexity index is 718. The van der Waals surface area contributed by atoms with Crippen molar-refractivity contribution in [1.82, 2.24) is 4.37 Å². The standard InChI is InChI=1S/C12H13FN2O4S2/c1-19-11-8-12(20-14-11)21(17,18)15(5-6-16)10-4-2-3-9(13)7-10/h2-4,7-8,16H,5-6H2,1H3. The average Bonchev–Trinajstić information content (AvgIpc) is 2.94. The molecule has 0 radical (unpaired) electrons. The molecule has 114 valence electrons. The Labute approximate surface area is 125 Å². The van der Waals surface area contributed by atoms with Crippen LogP contribution < -0.4 is 9.04 Å². The number of aliphatic hydroxyl groups excluding tert-OH is 1. The molecule has 0 spiro atoms. The highest BCUT2D eigenvalue weighted by molar-refractivity contribution is 7.94. The maximum atomic E-state index is 13.3. The largest absolute Gasteiger partial charge is 0.480 e. The van der Waals surface area contributed by atoms with Crippen molar-refractivity contribution in [2.45, 2.75) is 4.21 Å². The minimum atomic E-state index is -3.94. The second-order valence-electron chi connectivity index (χ2n) is 3.97. The summed E-state index contributed by atoms with van der Waals surface area (Å²) in [4.78, 5) is 0. The van der Waals surface area contributed by atoms with Gasteiger partial charge in [-0.1, -0.05) is 6.07 Å². The lowest BCUT2D eigenvalue weighted by Gasteiger charge is -2.22. The molecule has 2 rings (SSSR count). The van der Waals surface area contributed by atoms with E-state index in [4.69, 9.17) is 9.84 Å². The number of halogens is 1. The molecule has 1 aromatic carbocycles. The predicted octanol–water partition coefficient (Wildman–Crippen LogP) is 1.48. The SMILES string of the molecule is COc1cc(S(=O)(=O)N(CCO)c2cccc(F)c2)sn1. The highest BCUT2D eigenvalue weighted by Gasteiger charge is 2.27. The number of anilines is 1. The molecule has 0 saturated carbocycles. The quantitative estimate of drug-likeness (QED) is 0.867. The number of aromatic nitrogens is 1. The number of sulfonamides is 1. The summed E-state index contributed by atoms with van der Waals surface area (Å²) in [6.45, 7) is -0.586. The van der Waals surface area contributed by atoms with Gasteiger partial charge in [0.2, 0.25) is 5.88 Å². The number of aliphatic hydroxyl groups is 1. The summed E-state index contributed by atoms with van der Waals surface area (Å²) in [6.07, 6.45) is 0. The zero-order valence-electron chi connectivity index (χ0n) is 11.1. The van der Waals surface area contributed by atoms with E-state index in [-0.39, 0.29) is 22.3 Å². The zero-order chi connectivity index (χ0) is 15.5. The topological polar surface area (TPSA) is 79.7 Å². The van der Waals surface area contributed by atoms with E-state index in [9.17, 15) is 12.8 Å². The molecule has 0 aliphatic heterocycles. The van der Waals surface area contributed by atoms with Crippen LogP contribution in [0.5, 0.6) is 5.88 Å². The van der Waals surface area contributed by atoms with Crippen LogP contribution in [0.15, 0.2) is 34.5 Å². The highest BCUT2D eigenvalue weighted by atomic mass is 32.2. The third-order valence-electron chi connectivity index (χ3n) is 2.62. The molecule has 6 nitrogen and oxygen atoms in total. The van der Waals surface area contributed by atoms with E-state index in [1.165, 1.54) is 31.4 Å². The minimum Gasteiger partial charge on any atom is -0.480 e. The first-order valence-corrected chi connectivity index (χ1v) is 8.10. The van der Waals surface area contributed by atoms with Gasteiger partial charge >= 0.3 is 0 Å². The van der Waals surface area contributed by atoms with Crippen LogP contribution in [0.1, 0.15) is 0 Å². The number of hydrogen-bond acceptors (Lipinski definition) is 6. The van der Waals surface area contributed by atoms with E-state index in [1.54, 1.807) is 0 Å². The van der Waals surface area contributed by atoms with E-state index in [0.29, 0.717) is 0 Å². The first kappa shape index (κ1) is 15.7. The van der Waals surface area contributed by atoms with E-state index < -0.39 is 22.4 Å². The summed E-state index contributed by atoms with van der Waals surface area (Å²) in [5.74, 6) is -0.380. The van der Waals surface area contributed by atoms with Crippen LogP contribution in [0, 0.1) is 5.82 Å². The summed E-state index contributed by atoms with van der Waals surface area (Å²) < 4.78 is 48.0. The smallest absolute Gasteiger partial charge is 0.275 e. The molecule has 0 saturated heterocycles. The third kappa shape index (κ3) is 3.31. The van der Waals surface area contributed by atoms with Crippen molar-refractivity contribution in [3.05, 3.63) is 36.1 Å². The molecule has 1 aromatic heterocycles. The Hall–Kier alpha value is -1.71. The lowest BCUT2D eigenvalue weighted by atomic mass is 10.3. The molecule has 0 unspecified atom stereocenters. The van der Waals surface area contributed by atoms with Gasteiger partial charge in [0.05, 0.1) is 25.9 Å². The van der Waals surface area contributed by atoms with Crippen LogP contribution in [0.2, 0.25) is 0 Å². The van der Waals surface area contributed by atoms with Crippen LogP contribution in [-0.4, -0.2) is 38.2 Å². The summed E-state index contributed by atoms with van der Waals surface area (Å²) in [6, 6.07) is 6.44. The Kier molecular flexibility index (Phi) is 4.76. The van der Waals surface area contributed by atoms with Gasteiger partial charge in [-0.15, -0.1) is 0 Å². The first-order valence-electron chi connectivity index (χ1n) is 5.89. The highest BCUT2D eigenvalue weighted by Crippen LogP contribution is 2.28. The van der Waals surface area contributed by atoms with Crippen LogP contribution in [0.4, 0.5) is 10.1 Å². The van der Waals surface area contributed by atoms with Gasteiger partial charge in [0.1, 0.15) is 5.82 Å². The van der Waals surface area contributed by atoms with Gasteiger partial charge in [-0.25, -0.2) is 12.8 Å². The maximum Gasteiger partial charge on any atom is 0.275 e. The molecule has 0 aliphatic carbocycles. The monoisotopic (exact) mass is 332 g/mol. The van der Waals surface area contributed by atoms with Gasteiger partial charge in [0.25, 0.3) is 10.0 Å². The average molecular weight is 332 g/mol. The van der Waals surface area contributed by atoms with Gasteiger partial charge in [-0.2, -0.15) is 4.37 Å². The van der Waals surface area contributed by atoms with Gasteiger partial charge in [-0.05, 0) is 29.7 Å². The molecule has 2 aromatic rings. The molecule has 0 aliphatic rings. The number of methoxy groups -OCH3 is 1. The normalized spacial score (nSPS) is 11.4. The van der Waals surface area contributed by atoms with Crippen molar-refractivity contribution < 1.29 is 22.7 Å². The Morgan fingerprint density at radius 2 is 2.19 bits per heavy atom. The lowest BCUT2D eigenvalue weighted by molar-refractivity contribution is 0.306. The molecule has 1 heterocycles. The number of rotatable bonds is 6. The minimum absolute atomic E-state index is 0.0444. The van der Waals surface area contributed by atoms with Gasteiger partial charge in [-0.3, -0.25) is 4.31 Å². The molecule has 0 bridgehead atoms. The zero-order valence-corrected chi connectivity index (χ0v) is 12.7. The van der Waals surface area contributed by atoms with Crippen LogP contribution in [0.3, 0.4) is 0 Å². The number of benzene rings is 1. The Morgan fingerprint density at radius 3 is 2.76 bits per heavy atom. The Morgan fingerprint density at radius 1 is 1.43 bits per heavy atom. The van der Waals surface area contributed by atoms with Crippen LogP contribution >= 0.6 is 11.5 Å². The summed E-state index contributed by atoms with van der Waals surface area (Å²) in [5, 5.41) is 9.09. The van der Waals surface area contributed by atoms with E-state index in [1.807, 2.05) is 0 Å². The maximum absolute atomic E-state index is 13.3. The van der Waals surface area contributed by atoms with Crippen molar-refractivity contribution in [3.63, 3.8) is 0 Å². The summed E-state index contributed by atoms with van der Waals surface area (Å²) in [7, 11) is -2.56. The molecule has 9 heteroatoms. The first-order chi connectivity index (χ1) is 9.98. The molecular formula is C12H13FN2O4S2. The van der Waals surface area contributed by atoms with Crippen molar-refractivity contribution in [1.29, 1.82) is 0 Å².